The number of nitrogens with one attached hydrogen (secondary N) is 2. The van der Waals surface area contributed by atoms with Crippen molar-refractivity contribution in [3.05, 3.63) is 71.4 Å². The van der Waals surface area contributed by atoms with E-state index in [-0.39, 0.29) is 30.3 Å². The fourth-order valence-corrected chi connectivity index (χ4v) is 5.16. The van der Waals surface area contributed by atoms with E-state index in [4.69, 9.17) is 4.74 Å². The number of likely N-dealkylation sites (N-methyl/N-ethyl adjacent to an activating group) is 1. The van der Waals surface area contributed by atoms with Crippen molar-refractivity contribution < 1.29 is 19.1 Å². The number of hydrogen-bond acceptors (Lipinski definition) is 4. The number of urea groups is 1. The highest BCUT2D eigenvalue weighted by Crippen LogP contribution is 2.38. The number of ether oxygens (including phenoxy) is 1. The van der Waals surface area contributed by atoms with Crippen molar-refractivity contribution in [2.75, 3.05) is 19.6 Å². The van der Waals surface area contributed by atoms with Gasteiger partial charge in [0.05, 0.1) is 23.9 Å². The SMILES string of the molecule is CCN1C(=O)N[C@@H](c2cccc(Oc3ccccc3)c2)C2=C1CN([C@@H](CC(C)C)C(=O)NCCC(C)C)C2=O. The molecule has 0 radical (unpaired) electrons. The number of nitrogens with zero attached hydrogens (tertiary/aromatic N) is 2. The molecular weight excluding hydrogens is 492 g/mol. The maximum Gasteiger partial charge on any atom is 0.322 e. The molecule has 4 rings (SSSR count). The maximum absolute atomic E-state index is 14.1. The lowest BCUT2D eigenvalue weighted by Gasteiger charge is -2.33. The van der Waals surface area contributed by atoms with Crippen molar-refractivity contribution in [3.8, 4) is 11.5 Å². The Bertz CT molecular complexity index is 1220. The van der Waals surface area contributed by atoms with Gasteiger partial charge in [-0.3, -0.25) is 14.5 Å². The van der Waals surface area contributed by atoms with Crippen LogP contribution in [0.1, 0.15) is 59.1 Å². The molecule has 2 aromatic rings. The molecule has 2 atom stereocenters. The average molecular weight is 533 g/mol. The van der Waals surface area contributed by atoms with E-state index in [0.29, 0.717) is 48.2 Å². The average Bonchev–Trinajstić information content (AvgIpc) is 3.23. The fraction of sp³-hybridized carbons (Fsp3) is 0.452. The standard InChI is InChI=1S/C31H40N4O4/c1-6-34-26-19-35(25(17-21(4)5)29(36)32-16-15-20(2)3)30(37)27(26)28(33-31(34)38)22-11-10-14-24(18-22)39-23-12-8-7-9-13-23/h7-14,18,20-21,25,28H,6,15-17,19H2,1-5H3,(H,32,36)(H,33,38)/t25-,28-/m0/s1. The van der Waals surface area contributed by atoms with Crippen molar-refractivity contribution in [3.63, 3.8) is 0 Å². The molecule has 0 aromatic heterocycles. The quantitative estimate of drug-likeness (QED) is 0.414. The summed E-state index contributed by atoms with van der Waals surface area (Å²) in [6.07, 6.45) is 1.41. The van der Waals surface area contributed by atoms with Crippen molar-refractivity contribution in [2.24, 2.45) is 11.8 Å². The molecule has 208 valence electrons. The van der Waals surface area contributed by atoms with Crippen LogP contribution in [0.4, 0.5) is 4.79 Å². The number of carbonyl (C=O) groups excluding carboxylic acids is 3. The molecule has 39 heavy (non-hydrogen) atoms. The molecule has 8 nitrogen and oxygen atoms in total. The number of para-hydroxylation sites is 1. The third-order valence-electron chi connectivity index (χ3n) is 7.13. The predicted octanol–water partition coefficient (Wildman–Crippen LogP) is 5.24. The molecule has 0 saturated heterocycles. The molecular formula is C31H40N4O4. The summed E-state index contributed by atoms with van der Waals surface area (Å²) in [5, 5.41) is 6.07. The van der Waals surface area contributed by atoms with E-state index in [0.717, 1.165) is 12.0 Å². The van der Waals surface area contributed by atoms with Gasteiger partial charge < -0.3 is 20.3 Å². The van der Waals surface area contributed by atoms with Gasteiger partial charge in [0, 0.05) is 13.1 Å². The van der Waals surface area contributed by atoms with Crippen molar-refractivity contribution in [1.82, 2.24) is 20.4 Å². The zero-order valence-corrected chi connectivity index (χ0v) is 23.6. The highest BCUT2D eigenvalue weighted by Gasteiger charge is 2.46. The predicted molar refractivity (Wildman–Crippen MR) is 151 cm³/mol. The summed E-state index contributed by atoms with van der Waals surface area (Å²) in [5.74, 6) is 1.62. The first-order chi connectivity index (χ1) is 18.7. The van der Waals surface area contributed by atoms with Crippen LogP contribution in [0.3, 0.4) is 0 Å². The van der Waals surface area contributed by atoms with Crippen LogP contribution in [0, 0.1) is 11.8 Å². The smallest absolute Gasteiger partial charge is 0.322 e. The summed E-state index contributed by atoms with van der Waals surface area (Å²) >= 11 is 0. The Morgan fingerprint density at radius 1 is 1.03 bits per heavy atom. The van der Waals surface area contributed by atoms with Gasteiger partial charge in [-0.05, 0) is 61.4 Å². The summed E-state index contributed by atoms with van der Waals surface area (Å²) in [6, 6.07) is 15.4. The lowest BCUT2D eigenvalue weighted by molar-refractivity contribution is -0.137. The first-order valence-electron chi connectivity index (χ1n) is 13.9. The second kappa shape index (κ2) is 12.4. The van der Waals surface area contributed by atoms with E-state index in [1.807, 2.05) is 75.4 Å². The molecule has 2 aliphatic heterocycles. The highest BCUT2D eigenvalue weighted by atomic mass is 16.5. The van der Waals surface area contributed by atoms with E-state index in [9.17, 15) is 14.4 Å². The van der Waals surface area contributed by atoms with E-state index in [1.54, 1.807) is 9.80 Å². The van der Waals surface area contributed by atoms with Gasteiger partial charge in [0.2, 0.25) is 5.91 Å². The molecule has 4 amide bonds. The van der Waals surface area contributed by atoms with Gasteiger partial charge in [0.25, 0.3) is 5.91 Å². The lowest BCUT2D eigenvalue weighted by Crippen LogP contribution is -2.49. The van der Waals surface area contributed by atoms with E-state index >= 15 is 0 Å². The molecule has 0 unspecified atom stereocenters. The monoisotopic (exact) mass is 532 g/mol. The molecule has 0 fully saturated rings. The zero-order valence-electron chi connectivity index (χ0n) is 23.6. The minimum atomic E-state index is -0.643. The minimum absolute atomic E-state index is 0.144. The highest BCUT2D eigenvalue weighted by molar-refractivity contribution is 6.03. The summed E-state index contributed by atoms with van der Waals surface area (Å²) < 4.78 is 6.02. The topological polar surface area (TPSA) is 91.0 Å². The number of rotatable bonds is 11. The maximum atomic E-state index is 14.1. The zero-order chi connectivity index (χ0) is 28.1. The van der Waals surface area contributed by atoms with Gasteiger partial charge in [0.1, 0.15) is 17.5 Å². The Balaban J connectivity index is 1.64. The van der Waals surface area contributed by atoms with Crippen LogP contribution in [0.25, 0.3) is 0 Å². The summed E-state index contributed by atoms with van der Waals surface area (Å²) in [5.41, 5.74) is 1.92. The largest absolute Gasteiger partial charge is 0.457 e. The third-order valence-corrected chi connectivity index (χ3v) is 7.13. The molecule has 8 heteroatoms. The molecule has 2 aliphatic rings. The lowest BCUT2D eigenvalue weighted by atomic mass is 9.95. The van der Waals surface area contributed by atoms with Crippen LogP contribution in [0.2, 0.25) is 0 Å². The fourth-order valence-electron chi connectivity index (χ4n) is 5.16. The number of carbonyl (C=O) groups is 3. The Morgan fingerprint density at radius 2 is 1.74 bits per heavy atom. The second-order valence-corrected chi connectivity index (χ2v) is 11.0. The van der Waals surface area contributed by atoms with E-state index in [2.05, 4.69) is 24.5 Å². The second-order valence-electron chi connectivity index (χ2n) is 11.0. The van der Waals surface area contributed by atoms with Crippen molar-refractivity contribution in [1.29, 1.82) is 0 Å². The van der Waals surface area contributed by atoms with Crippen LogP contribution in [0.5, 0.6) is 11.5 Å². The summed E-state index contributed by atoms with van der Waals surface area (Å²) in [4.78, 5) is 43.8. The van der Waals surface area contributed by atoms with Gasteiger partial charge in [-0.15, -0.1) is 0 Å². The van der Waals surface area contributed by atoms with Crippen LogP contribution >= 0.6 is 0 Å². The third kappa shape index (κ3) is 6.44. The minimum Gasteiger partial charge on any atom is -0.457 e. The molecule has 0 bridgehead atoms. The number of amides is 4. The molecule has 0 spiro atoms. The Labute approximate surface area is 231 Å². The van der Waals surface area contributed by atoms with E-state index in [1.165, 1.54) is 0 Å². The number of hydrogen-bond donors (Lipinski definition) is 2. The van der Waals surface area contributed by atoms with Gasteiger partial charge in [-0.1, -0.05) is 58.0 Å². The molecule has 2 N–H and O–H groups in total. The van der Waals surface area contributed by atoms with Gasteiger partial charge >= 0.3 is 6.03 Å². The Kier molecular flexibility index (Phi) is 8.94. The number of benzene rings is 2. The molecule has 0 aliphatic carbocycles. The van der Waals surface area contributed by atoms with E-state index < -0.39 is 12.1 Å². The Hall–Kier alpha value is -3.81. The first kappa shape index (κ1) is 28.2. The van der Waals surface area contributed by atoms with Crippen LogP contribution in [0.15, 0.2) is 65.9 Å². The van der Waals surface area contributed by atoms with Crippen molar-refractivity contribution in [2.45, 2.75) is 59.5 Å². The molecule has 2 aromatic carbocycles. The summed E-state index contributed by atoms with van der Waals surface area (Å²) in [7, 11) is 0. The summed E-state index contributed by atoms with van der Waals surface area (Å²) in [6.45, 7) is 11.4. The molecule has 0 saturated carbocycles. The Morgan fingerprint density at radius 3 is 2.41 bits per heavy atom. The van der Waals surface area contributed by atoms with Crippen LogP contribution in [-0.4, -0.2) is 53.3 Å². The van der Waals surface area contributed by atoms with Gasteiger partial charge in [-0.2, -0.15) is 0 Å². The van der Waals surface area contributed by atoms with Gasteiger partial charge in [0.15, 0.2) is 0 Å². The van der Waals surface area contributed by atoms with Crippen LogP contribution in [-0.2, 0) is 9.59 Å². The van der Waals surface area contributed by atoms with Crippen molar-refractivity contribution >= 4 is 17.8 Å². The van der Waals surface area contributed by atoms with Crippen LogP contribution < -0.4 is 15.4 Å². The normalized spacial score (nSPS) is 18.0. The van der Waals surface area contributed by atoms with Gasteiger partial charge in [-0.25, -0.2) is 4.79 Å². The first-order valence-corrected chi connectivity index (χ1v) is 13.9. The molecule has 2 heterocycles.